The van der Waals surface area contributed by atoms with Gasteiger partial charge in [0.25, 0.3) is 5.91 Å². The summed E-state index contributed by atoms with van der Waals surface area (Å²) in [5.41, 5.74) is 8.53. The normalized spacial score (nSPS) is 14.5. The average Bonchev–Trinajstić information content (AvgIpc) is 3.01. The number of nitrogens with two attached hydrogens (primary N) is 1. The number of rotatable bonds is 2. The maximum Gasteiger partial charge on any atom is 0.256 e. The highest BCUT2D eigenvalue weighted by atomic mass is 16.2. The van der Waals surface area contributed by atoms with Crippen molar-refractivity contribution in [2.75, 3.05) is 18.8 Å². The lowest BCUT2D eigenvalue weighted by Crippen LogP contribution is -2.29. The molecular weight excluding hydrogens is 250 g/mol. The minimum absolute atomic E-state index is 0.0162. The molecule has 4 nitrogen and oxygen atoms in total. The Labute approximate surface area is 118 Å². The third kappa shape index (κ3) is 2.25. The second-order valence-electron chi connectivity index (χ2n) is 4.94. The van der Waals surface area contributed by atoms with Crippen LogP contribution < -0.4 is 5.73 Å². The van der Waals surface area contributed by atoms with Gasteiger partial charge in [-0.3, -0.25) is 9.78 Å². The fourth-order valence-corrected chi connectivity index (χ4v) is 2.55. The van der Waals surface area contributed by atoms with Crippen molar-refractivity contribution in [2.24, 2.45) is 0 Å². The molecule has 1 fully saturated rings. The number of carbonyl (C=O) groups excluding carboxylic acids is 1. The highest BCUT2D eigenvalue weighted by Gasteiger charge is 2.24. The van der Waals surface area contributed by atoms with Gasteiger partial charge in [-0.1, -0.05) is 30.3 Å². The van der Waals surface area contributed by atoms with Crippen LogP contribution in [-0.4, -0.2) is 28.9 Å². The molecular formula is C16H16N3O. The Morgan fingerprint density at radius 1 is 1.20 bits per heavy atom. The van der Waals surface area contributed by atoms with Gasteiger partial charge in [0.2, 0.25) is 0 Å². The van der Waals surface area contributed by atoms with Crippen LogP contribution in [0.3, 0.4) is 0 Å². The summed E-state index contributed by atoms with van der Waals surface area (Å²) in [7, 11) is 0. The average molecular weight is 266 g/mol. The van der Waals surface area contributed by atoms with E-state index in [2.05, 4.69) is 11.2 Å². The van der Waals surface area contributed by atoms with E-state index in [0.717, 1.165) is 31.5 Å². The molecule has 1 aromatic carbocycles. The molecule has 1 aromatic heterocycles. The Bertz CT molecular complexity index is 619. The minimum Gasteiger partial charge on any atom is -0.397 e. The zero-order chi connectivity index (χ0) is 13.9. The first-order valence-electron chi connectivity index (χ1n) is 6.78. The van der Waals surface area contributed by atoms with Crippen molar-refractivity contribution in [1.82, 2.24) is 9.88 Å². The maximum atomic E-state index is 12.7. The van der Waals surface area contributed by atoms with Crippen molar-refractivity contribution in [1.29, 1.82) is 0 Å². The minimum atomic E-state index is -0.0162. The summed E-state index contributed by atoms with van der Waals surface area (Å²) in [6.07, 6.45) is 6.53. The van der Waals surface area contributed by atoms with Crippen LogP contribution in [-0.2, 0) is 0 Å². The number of hydrogen-bond acceptors (Lipinski definition) is 3. The van der Waals surface area contributed by atoms with Crippen molar-refractivity contribution in [2.45, 2.75) is 12.8 Å². The number of aromatic nitrogens is 1. The van der Waals surface area contributed by atoms with E-state index >= 15 is 0 Å². The Balaban J connectivity index is 2.07. The molecule has 0 unspecified atom stereocenters. The number of nitrogens with zero attached hydrogens (tertiary/aromatic N) is 2. The fraction of sp³-hybridized carbons (Fsp3) is 0.250. The second-order valence-corrected chi connectivity index (χ2v) is 4.94. The largest absolute Gasteiger partial charge is 0.397 e. The predicted octanol–water partition coefficient (Wildman–Crippen LogP) is 2.37. The lowest BCUT2D eigenvalue weighted by Gasteiger charge is -2.18. The summed E-state index contributed by atoms with van der Waals surface area (Å²) < 4.78 is 0. The van der Waals surface area contributed by atoms with Gasteiger partial charge < -0.3 is 10.6 Å². The smallest absolute Gasteiger partial charge is 0.256 e. The molecule has 1 aliphatic rings. The maximum absolute atomic E-state index is 12.7. The molecule has 101 valence electrons. The van der Waals surface area contributed by atoms with Gasteiger partial charge in [0.15, 0.2) is 0 Å². The molecule has 2 aromatic rings. The van der Waals surface area contributed by atoms with Gasteiger partial charge in [-0.05, 0) is 18.4 Å². The molecule has 0 spiro atoms. The molecule has 4 heteroatoms. The number of anilines is 1. The van der Waals surface area contributed by atoms with Crippen LogP contribution in [0.2, 0.25) is 0 Å². The number of benzene rings is 1. The molecule has 0 atom stereocenters. The molecule has 1 amide bonds. The van der Waals surface area contributed by atoms with Crippen molar-refractivity contribution in [3.05, 3.63) is 48.3 Å². The fourth-order valence-electron chi connectivity index (χ4n) is 2.55. The summed E-state index contributed by atoms with van der Waals surface area (Å²) >= 11 is 0. The second kappa shape index (κ2) is 5.33. The summed E-state index contributed by atoms with van der Waals surface area (Å²) in [6.45, 7) is 1.60. The number of amides is 1. The van der Waals surface area contributed by atoms with Gasteiger partial charge in [-0.25, -0.2) is 0 Å². The quantitative estimate of drug-likeness (QED) is 0.907. The van der Waals surface area contributed by atoms with E-state index in [1.807, 2.05) is 35.2 Å². The van der Waals surface area contributed by atoms with Crippen molar-refractivity contribution >= 4 is 11.6 Å². The summed E-state index contributed by atoms with van der Waals surface area (Å²) in [5, 5.41) is 0. The molecule has 1 aliphatic heterocycles. The number of pyridine rings is 1. The Morgan fingerprint density at radius 3 is 2.60 bits per heavy atom. The summed E-state index contributed by atoms with van der Waals surface area (Å²) in [5.74, 6) is -0.0162. The molecule has 2 heterocycles. The highest BCUT2D eigenvalue weighted by molar-refractivity contribution is 6.05. The van der Waals surface area contributed by atoms with Crippen LogP contribution in [0.5, 0.6) is 0 Å². The van der Waals surface area contributed by atoms with Crippen molar-refractivity contribution < 1.29 is 4.79 Å². The lowest BCUT2D eigenvalue weighted by atomic mass is 10.00. The first-order chi connectivity index (χ1) is 9.77. The molecule has 0 saturated carbocycles. The van der Waals surface area contributed by atoms with Crippen molar-refractivity contribution in [3.8, 4) is 11.1 Å². The molecule has 0 bridgehead atoms. The van der Waals surface area contributed by atoms with Crippen LogP contribution in [0.25, 0.3) is 11.1 Å². The van der Waals surface area contributed by atoms with E-state index in [1.165, 1.54) is 6.20 Å². The zero-order valence-electron chi connectivity index (χ0n) is 11.2. The molecule has 3 rings (SSSR count). The monoisotopic (exact) mass is 266 g/mol. The van der Waals surface area contributed by atoms with E-state index in [1.54, 1.807) is 0 Å². The van der Waals surface area contributed by atoms with Crippen LogP contribution in [0.4, 0.5) is 5.69 Å². The van der Waals surface area contributed by atoms with Gasteiger partial charge in [0, 0.05) is 18.7 Å². The number of hydrogen-bond donors (Lipinski definition) is 1. The van der Waals surface area contributed by atoms with Gasteiger partial charge in [0.1, 0.15) is 0 Å². The van der Waals surface area contributed by atoms with Gasteiger partial charge in [0.05, 0.1) is 23.6 Å². The highest BCUT2D eigenvalue weighted by Crippen LogP contribution is 2.28. The van der Waals surface area contributed by atoms with Crippen LogP contribution in [0.15, 0.2) is 36.5 Å². The molecule has 1 radical (unpaired) electrons. The standard InChI is InChI=1S/C16H16N3O/c17-14-11-18-10-13(12-6-2-1-3-7-12)15(14)16(20)19-8-4-5-9-19/h1-3,6-7,11H,4-5,8-9,17H2. The number of likely N-dealkylation sites (tertiary alicyclic amines) is 1. The zero-order valence-corrected chi connectivity index (χ0v) is 11.2. The van der Waals surface area contributed by atoms with Crippen LogP contribution >= 0.6 is 0 Å². The van der Waals surface area contributed by atoms with E-state index < -0.39 is 0 Å². The third-order valence-electron chi connectivity index (χ3n) is 3.59. The van der Waals surface area contributed by atoms with Gasteiger partial charge in [-0.15, -0.1) is 0 Å². The number of nitrogen functional groups attached to an aromatic ring is 1. The molecule has 1 saturated heterocycles. The van der Waals surface area contributed by atoms with Crippen molar-refractivity contribution in [3.63, 3.8) is 0 Å². The lowest BCUT2D eigenvalue weighted by molar-refractivity contribution is 0.0794. The van der Waals surface area contributed by atoms with E-state index in [0.29, 0.717) is 16.8 Å². The summed E-state index contributed by atoms with van der Waals surface area (Å²) in [6, 6.07) is 9.67. The molecule has 20 heavy (non-hydrogen) atoms. The van der Waals surface area contributed by atoms with Crippen LogP contribution in [0.1, 0.15) is 23.2 Å². The number of carbonyl (C=O) groups is 1. The Hall–Kier alpha value is -2.36. The summed E-state index contributed by atoms with van der Waals surface area (Å²) in [4.78, 5) is 18.5. The predicted molar refractivity (Wildman–Crippen MR) is 78.1 cm³/mol. The Kier molecular flexibility index (Phi) is 3.37. The van der Waals surface area contributed by atoms with Gasteiger partial charge >= 0.3 is 0 Å². The SMILES string of the molecule is Nc1cn[c]c(-c2ccccc2)c1C(=O)N1CCCC1. The topological polar surface area (TPSA) is 59.2 Å². The van der Waals surface area contributed by atoms with E-state index in [9.17, 15) is 4.79 Å². The van der Waals surface area contributed by atoms with E-state index in [-0.39, 0.29) is 5.91 Å². The van der Waals surface area contributed by atoms with E-state index in [4.69, 9.17) is 5.73 Å². The van der Waals surface area contributed by atoms with Gasteiger partial charge in [-0.2, -0.15) is 0 Å². The molecule has 0 aliphatic carbocycles. The first-order valence-corrected chi connectivity index (χ1v) is 6.78. The third-order valence-corrected chi connectivity index (χ3v) is 3.59. The first kappa shape index (κ1) is 12.7. The molecule has 2 N–H and O–H groups in total. The van der Waals surface area contributed by atoms with Crippen LogP contribution in [0, 0.1) is 6.20 Å². The Morgan fingerprint density at radius 2 is 1.90 bits per heavy atom.